The van der Waals surface area contributed by atoms with E-state index in [-0.39, 0.29) is 9.76 Å². The maximum Gasteiger partial charge on any atom is 0.175 e. The number of unbranched alkanes of at least 4 members (excludes halogenated alkanes) is 1. The zero-order valence-electron chi connectivity index (χ0n) is 8.64. The second kappa shape index (κ2) is 9.44. The molecule has 0 N–H and O–H groups in total. The molecule has 0 bridgehead atoms. The summed E-state index contributed by atoms with van der Waals surface area (Å²) >= 11 is 0. The standard InChI is InChI=1S/C8H22O2Si2/c1-3-5-7-9-8(6-4-2)12-10-11/h8H,3-7,12H2,1-2,11H3. The van der Waals surface area contributed by atoms with Gasteiger partial charge in [0.15, 0.2) is 9.76 Å². The van der Waals surface area contributed by atoms with Gasteiger partial charge in [0.2, 0.25) is 0 Å². The van der Waals surface area contributed by atoms with Crippen LogP contribution in [0.5, 0.6) is 0 Å². The molecule has 0 aromatic carbocycles. The first-order valence-electron chi connectivity index (χ1n) is 4.95. The van der Waals surface area contributed by atoms with Crippen LogP contribution < -0.4 is 0 Å². The molecule has 0 spiro atoms. The van der Waals surface area contributed by atoms with Crippen molar-refractivity contribution in [3.8, 4) is 0 Å². The first kappa shape index (κ1) is 12.4. The van der Waals surface area contributed by atoms with E-state index in [2.05, 4.69) is 13.8 Å². The van der Waals surface area contributed by atoms with Crippen molar-refractivity contribution < 1.29 is 8.85 Å². The van der Waals surface area contributed by atoms with E-state index >= 15 is 0 Å². The predicted molar refractivity (Wildman–Crippen MR) is 59.1 cm³/mol. The minimum atomic E-state index is -0.364. The average Bonchev–Trinajstić information content (AvgIpc) is 2.06. The molecule has 1 unspecified atom stereocenters. The lowest BCUT2D eigenvalue weighted by Crippen LogP contribution is -2.23. The van der Waals surface area contributed by atoms with E-state index in [1.165, 1.54) is 25.7 Å². The van der Waals surface area contributed by atoms with Gasteiger partial charge in [-0.05, 0) is 12.8 Å². The molecule has 0 aliphatic rings. The molecule has 12 heavy (non-hydrogen) atoms. The van der Waals surface area contributed by atoms with Crippen LogP contribution in [0, 0.1) is 0 Å². The number of ether oxygens (including phenoxy) is 1. The monoisotopic (exact) mass is 206 g/mol. The summed E-state index contributed by atoms with van der Waals surface area (Å²) in [7, 11) is 0.522. The number of hydrogen-bond acceptors (Lipinski definition) is 2. The summed E-state index contributed by atoms with van der Waals surface area (Å²) in [5.74, 6) is 0. The summed E-state index contributed by atoms with van der Waals surface area (Å²) in [5, 5.41) is 0. The van der Waals surface area contributed by atoms with Crippen LogP contribution in [-0.4, -0.2) is 32.6 Å². The summed E-state index contributed by atoms with van der Waals surface area (Å²) in [6.07, 6.45) is 4.82. The Balaban J connectivity index is 3.34. The van der Waals surface area contributed by atoms with Gasteiger partial charge in [-0.15, -0.1) is 0 Å². The molecule has 0 aliphatic carbocycles. The van der Waals surface area contributed by atoms with Gasteiger partial charge in [-0.2, -0.15) is 0 Å². The van der Waals surface area contributed by atoms with Crippen molar-refractivity contribution in [3.05, 3.63) is 0 Å². The van der Waals surface area contributed by atoms with Gasteiger partial charge >= 0.3 is 0 Å². The maximum atomic E-state index is 5.72. The lowest BCUT2D eigenvalue weighted by atomic mass is 10.3. The van der Waals surface area contributed by atoms with Gasteiger partial charge in [-0.3, -0.25) is 0 Å². The lowest BCUT2D eigenvalue weighted by molar-refractivity contribution is 0.0904. The zero-order chi connectivity index (χ0) is 9.23. The van der Waals surface area contributed by atoms with Crippen LogP contribution in [0.1, 0.15) is 39.5 Å². The van der Waals surface area contributed by atoms with Crippen LogP contribution in [0.25, 0.3) is 0 Å². The highest BCUT2D eigenvalue weighted by molar-refractivity contribution is 6.35. The second-order valence-corrected chi connectivity index (χ2v) is 6.64. The fourth-order valence-corrected chi connectivity index (χ4v) is 3.44. The van der Waals surface area contributed by atoms with Gasteiger partial charge in [0.1, 0.15) is 10.5 Å². The summed E-state index contributed by atoms with van der Waals surface area (Å²) in [5.41, 5.74) is 0.485. The lowest BCUT2D eigenvalue weighted by Gasteiger charge is -2.15. The smallest absolute Gasteiger partial charge is 0.175 e. The topological polar surface area (TPSA) is 18.5 Å². The molecule has 1 atom stereocenters. The van der Waals surface area contributed by atoms with Crippen LogP contribution in [0.2, 0.25) is 0 Å². The number of rotatable bonds is 8. The van der Waals surface area contributed by atoms with Crippen molar-refractivity contribution >= 4 is 20.2 Å². The highest BCUT2D eigenvalue weighted by Crippen LogP contribution is 2.02. The van der Waals surface area contributed by atoms with Gasteiger partial charge in [0, 0.05) is 6.61 Å². The van der Waals surface area contributed by atoms with Crippen molar-refractivity contribution in [1.29, 1.82) is 0 Å². The number of hydrogen-bond donors (Lipinski definition) is 0. The van der Waals surface area contributed by atoms with E-state index in [0.717, 1.165) is 17.1 Å². The Kier molecular flexibility index (Phi) is 9.72. The maximum absolute atomic E-state index is 5.72. The van der Waals surface area contributed by atoms with Gasteiger partial charge in [0.25, 0.3) is 0 Å². The molecule has 0 aliphatic heterocycles. The normalized spacial score (nSPS) is 14.5. The van der Waals surface area contributed by atoms with E-state index < -0.39 is 0 Å². The first-order valence-corrected chi connectivity index (χ1v) is 7.16. The Morgan fingerprint density at radius 1 is 1.33 bits per heavy atom. The molecule has 0 fully saturated rings. The van der Waals surface area contributed by atoms with Crippen LogP contribution in [-0.2, 0) is 8.85 Å². The van der Waals surface area contributed by atoms with E-state index in [1.807, 2.05) is 0 Å². The van der Waals surface area contributed by atoms with Crippen LogP contribution in [0.3, 0.4) is 0 Å². The molecule has 0 aromatic rings. The van der Waals surface area contributed by atoms with Gasteiger partial charge in [0.05, 0.1) is 5.73 Å². The van der Waals surface area contributed by atoms with Crippen LogP contribution in [0.4, 0.5) is 0 Å². The molecule has 0 saturated heterocycles. The van der Waals surface area contributed by atoms with Crippen molar-refractivity contribution in [2.45, 2.75) is 45.3 Å². The minimum Gasteiger partial charge on any atom is -0.466 e. The Morgan fingerprint density at radius 2 is 2.08 bits per heavy atom. The molecule has 4 heteroatoms. The van der Waals surface area contributed by atoms with Crippen LogP contribution >= 0.6 is 0 Å². The molecule has 0 rings (SSSR count). The zero-order valence-corrected chi connectivity index (χ0v) is 12.1. The van der Waals surface area contributed by atoms with Crippen molar-refractivity contribution in [3.63, 3.8) is 0 Å². The van der Waals surface area contributed by atoms with Crippen molar-refractivity contribution in [2.75, 3.05) is 6.61 Å². The summed E-state index contributed by atoms with van der Waals surface area (Å²) < 4.78 is 11.1. The third-order valence-corrected chi connectivity index (χ3v) is 4.16. The van der Waals surface area contributed by atoms with E-state index in [0.29, 0.717) is 5.73 Å². The minimum absolute atomic E-state index is 0.364. The van der Waals surface area contributed by atoms with Gasteiger partial charge in [-0.25, -0.2) is 0 Å². The molecule has 74 valence electrons. The molecule has 0 radical (unpaired) electrons. The first-order chi connectivity index (χ1) is 5.85. The molecular formula is C8H22O2Si2. The molecule has 0 amide bonds. The largest absolute Gasteiger partial charge is 0.466 e. The van der Waals surface area contributed by atoms with Crippen molar-refractivity contribution in [2.24, 2.45) is 0 Å². The SMILES string of the molecule is CCCCOC(CCC)[SiH2]O[SiH3]. The Labute approximate surface area is 81.5 Å². The summed E-state index contributed by atoms with van der Waals surface area (Å²) in [4.78, 5) is 0. The highest BCUT2D eigenvalue weighted by Gasteiger charge is 2.06. The Morgan fingerprint density at radius 3 is 2.58 bits per heavy atom. The van der Waals surface area contributed by atoms with E-state index in [1.54, 1.807) is 0 Å². The summed E-state index contributed by atoms with van der Waals surface area (Å²) in [6, 6.07) is 0. The van der Waals surface area contributed by atoms with Crippen molar-refractivity contribution in [1.82, 2.24) is 0 Å². The predicted octanol–water partition coefficient (Wildman–Crippen LogP) is 0.310. The quantitative estimate of drug-likeness (QED) is 0.420. The van der Waals surface area contributed by atoms with E-state index in [9.17, 15) is 0 Å². The van der Waals surface area contributed by atoms with Gasteiger partial charge in [-0.1, -0.05) is 26.7 Å². The fraction of sp³-hybridized carbons (Fsp3) is 1.00. The molecule has 0 saturated carbocycles. The fourth-order valence-electron chi connectivity index (χ4n) is 1.12. The molecule has 0 heterocycles. The van der Waals surface area contributed by atoms with Gasteiger partial charge < -0.3 is 8.85 Å². The third-order valence-electron chi connectivity index (χ3n) is 1.81. The Hall–Kier alpha value is 0.354. The summed E-state index contributed by atoms with van der Waals surface area (Å²) in [6.45, 7) is 5.33. The molecular weight excluding hydrogens is 184 g/mol. The Bertz CT molecular complexity index is 85.1. The molecule has 0 aromatic heterocycles. The third kappa shape index (κ3) is 7.03. The highest BCUT2D eigenvalue weighted by atomic mass is 28.3. The second-order valence-electron chi connectivity index (χ2n) is 3.09. The molecule has 2 nitrogen and oxygen atoms in total. The average molecular weight is 206 g/mol. The van der Waals surface area contributed by atoms with E-state index in [4.69, 9.17) is 8.85 Å². The van der Waals surface area contributed by atoms with Crippen LogP contribution in [0.15, 0.2) is 0 Å².